The molecule has 0 saturated carbocycles. The van der Waals surface area contributed by atoms with Crippen LogP contribution >= 0.6 is 27.5 Å². The number of anilines is 1. The lowest BCUT2D eigenvalue weighted by Gasteiger charge is -2.21. The molecule has 0 bridgehead atoms. The average Bonchev–Trinajstić information content (AvgIpc) is 2.41. The molecule has 0 aliphatic rings. The molecule has 2 aromatic carbocycles. The fraction of sp³-hybridized carbons (Fsp3) is 0.200. The summed E-state index contributed by atoms with van der Waals surface area (Å²) in [5, 5.41) is 12.8. The topological polar surface area (TPSA) is 32.3 Å². The first kappa shape index (κ1) is 16.0. The van der Waals surface area contributed by atoms with Crippen molar-refractivity contribution in [3.63, 3.8) is 0 Å². The Morgan fingerprint density at radius 3 is 2.62 bits per heavy atom. The van der Waals surface area contributed by atoms with Crippen LogP contribution < -0.4 is 5.32 Å². The van der Waals surface area contributed by atoms with Crippen molar-refractivity contribution < 1.29 is 13.9 Å². The fourth-order valence-corrected chi connectivity index (χ4v) is 2.69. The van der Waals surface area contributed by atoms with Crippen LogP contribution in [-0.4, -0.2) is 5.11 Å². The number of hydrogen-bond donors (Lipinski definition) is 2. The minimum absolute atomic E-state index is 0.0179. The van der Waals surface area contributed by atoms with Crippen LogP contribution in [0.25, 0.3) is 0 Å². The third kappa shape index (κ3) is 3.66. The van der Waals surface area contributed by atoms with Gasteiger partial charge >= 0.3 is 0 Å². The molecule has 0 aliphatic heterocycles. The lowest BCUT2D eigenvalue weighted by atomic mass is 10.0. The summed E-state index contributed by atoms with van der Waals surface area (Å²) in [6.07, 6.45) is 0.581. The van der Waals surface area contributed by atoms with Crippen molar-refractivity contribution in [3.05, 3.63) is 57.0 Å². The van der Waals surface area contributed by atoms with Crippen molar-refractivity contribution in [2.24, 2.45) is 0 Å². The lowest BCUT2D eigenvalue weighted by molar-refractivity contribution is 0.462. The van der Waals surface area contributed by atoms with Crippen LogP contribution in [-0.2, 0) is 0 Å². The maximum absolute atomic E-state index is 13.8. The van der Waals surface area contributed by atoms with Gasteiger partial charge in [-0.25, -0.2) is 8.78 Å². The van der Waals surface area contributed by atoms with Gasteiger partial charge in [-0.15, -0.1) is 0 Å². The van der Waals surface area contributed by atoms with Gasteiger partial charge in [-0.05, 0) is 30.7 Å². The van der Waals surface area contributed by atoms with E-state index in [4.69, 9.17) is 11.6 Å². The summed E-state index contributed by atoms with van der Waals surface area (Å²) in [6.45, 7) is 1.88. The molecule has 0 saturated heterocycles. The Hall–Kier alpha value is -1.33. The third-order valence-electron chi connectivity index (χ3n) is 3.10. The number of phenols is 1. The standard InChI is InChI=1S/C15H13BrClF2NO/c1-2-13(10-5-8(16)3-4-14(10)21)20-15-11(17)6-9(18)7-12(15)19/h3-7,13,20-21H,2H2,1H3. The van der Waals surface area contributed by atoms with Gasteiger partial charge in [0.25, 0.3) is 0 Å². The second-order valence-corrected chi connectivity index (χ2v) is 5.88. The predicted octanol–water partition coefficient (Wildman–Crippen LogP) is 5.65. The van der Waals surface area contributed by atoms with Gasteiger partial charge in [-0.3, -0.25) is 0 Å². The molecule has 0 heterocycles. The molecule has 0 aromatic heterocycles. The van der Waals surface area contributed by atoms with Gasteiger partial charge < -0.3 is 10.4 Å². The van der Waals surface area contributed by atoms with E-state index in [0.29, 0.717) is 12.0 Å². The Kier molecular flexibility index (Phi) is 5.06. The Bertz CT molecular complexity index is 643. The molecule has 2 rings (SSSR count). The first-order chi connectivity index (χ1) is 9.92. The Morgan fingerprint density at radius 1 is 1.29 bits per heavy atom. The normalized spacial score (nSPS) is 12.2. The molecule has 1 unspecified atom stereocenters. The van der Waals surface area contributed by atoms with E-state index < -0.39 is 11.6 Å². The molecule has 21 heavy (non-hydrogen) atoms. The largest absolute Gasteiger partial charge is 0.508 e. The molecule has 112 valence electrons. The molecule has 2 N–H and O–H groups in total. The molecule has 6 heteroatoms. The van der Waals surface area contributed by atoms with Gasteiger partial charge in [0.05, 0.1) is 16.8 Å². The van der Waals surface area contributed by atoms with E-state index in [2.05, 4.69) is 21.2 Å². The quantitative estimate of drug-likeness (QED) is 0.723. The van der Waals surface area contributed by atoms with Crippen LogP contribution in [0, 0.1) is 11.6 Å². The molecule has 2 nitrogen and oxygen atoms in total. The number of benzene rings is 2. The van der Waals surface area contributed by atoms with E-state index >= 15 is 0 Å². The van der Waals surface area contributed by atoms with Gasteiger partial charge in [0, 0.05) is 16.1 Å². The van der Waals surface area contributed by atoms with Crippen molar-refractivity contribution in [1.29, 1.82) is 0 Å². The Labute approximate surface area is 134 Å². The second kappa shape index (κ2) is 6.62. The lowest BCUT2D eigenvalue weighted by Crippen LogP contribution is -2.12. The molecular weight excluding hydrogens is 364 g/mol. The maximum atomic E-state index is 13.8. The Morgan fingerprint density at radius 2 is 2.00 bits per heavy atom. The third-order valence-corrected chi connectivity index (χ3v) is 3.89. The van der Waals surface area contributed by atoms with Gasteiger partial charge in [0.1, 0.15) is 11.6 Å². The highest BCUT2D eigenvalue weighted by Crippen LogP contribution is 2.35. The summed E-state index contributed by atoms with van der Waals surface area (Å²) in [5.74, 6) is -1.41. The highest BCUT2D eigenvalue weighted by Gasteiger charge is 2.18. The summed E-state index contributed by atoms with van der Waals surface area (Å²) in [7, 11) is 0. The first-order valence-corrected chi connectivity index (χ1v) is 7.49. The highest BCUT2D eigenvalue weighted by molar-refractivity contribution is 9.10. The van der Waals surface area contributed by atoms with E-state index in [9.17, 15) is 13.9 Å². The number of phenolic OH excluding ortho intramolecular Hbond substituents is 1. The fourth-order valence-electron chi connectivity index (χ4n) is 2.06. The number of hydrogen-bond acceptors (Lipinski definition) is 2. The maximum Gasteiger partial charge on any atom is 0.150 e. The van der Waals surface area contributed by atoms with Crippen LogP contribution in [0.5, 0.6) is 5.75 Å². The summed E-state index contributed by atoms with van der Waals surface area (Å²) in [4.78, 5) is 0. The van der Waals surface area contributed by atoms with Crippen LogP contribution in [0.1, 0.15) is 24.9 Å². The zero-order chi connectivity index (χ0) is 15.6. The molecule has 0 radical (unpaired) electrons. The predicted molar refractivity (Wildman–Crippen MR) is 83.8 cm³/mol. The smallest absolute Gasteiger partial charge is 0.150 e. The van der Waals surface area contributed by atoms with Crippen LogP contribution in [0.3, 0.4) is 0 Å². The molecule has 0 amide bonds. The molecule has 0 spiro atoms. The van der Waals surface area contributed by atoms with Crippen LogP contribution in [0.4, 0.5) is 14.5 Å². The van der Waals surface area contributed by atoms with E-state index in [0.717, 1.165) is 16.6 Å². The summed E-state index contributed by atoms with van der Waals surface area (Å²) >= 11 is 9.21. The van der Waals surface area contributed by atoms with Crippen molar-refractivity contribution in [1.82, 2.24) is 0 Å². The molecule has 0 fully saturated rings. The highest BCUT2D eigenvalue weighted by atomic mass is 79.9. The van der Waals surface area contributed by atoms with E-state index in [1.54, 1.807) is 18.2 Å². The monoisotopic (exact) mass is 375 g/mol. The van der Waals surface area contributed by atoms with Crippen LogP contribution in [0.15, 0.2) is 34.8 Å². The number of rotatable bonds is 4. The van der Waals surface area contributed by atoms with E-state index in [1.165, 1.54) is 0 Å². The SMILES string of the molecule is CCC(Nc1c(F)cc(F)cc1Cl)c1cc(Br)ccc1O. The second-order valence-electron chi connectivity index (χ2n) is 4.55. The van der Waals surface area contributed by atoms with Gasteiger partial charge in [0.2, 0.25) is 0 Å². The van der Waals surface area contributed by atoms with Crippen molar-refractivity contribution >= 4 is 33.2 Å². The van der Waals surface area contributed by atoms with Gasteiger partial charge in [0.15, 0.2) is 5.82 Å². The zero-order valence-corrected chi connectivity index (χ0v) is 13.5. The van der Waals surface area contributed by atoms with Crippen molar-refractivity contribution in [2.45, 2.75) is 19.4 Å². The number of aromatic hydroxyl groups is 1. The Balaban J connectivity index is 2.38. The number of nitrogens with one attached hydrogen (secondary N) is 1. The van der Waals surface area contributed by atoms with Crippen LogP contribution in [0.2, 0.25) is 5.02 Å². The average molecular weight is 377 g/mol. The summed E-state index contributed by atoms with van der Waals surface area (Å²) in [6, 6.07) is 6.44. The van der Waals surface area contributed by atoms with Gasteiger partial charge in [-0.1, -0.05) is 34.5 Å². The molecule has 2 aromatic rings. The number of halogens is 4. The minimum Gasteiger partial charge on any atom is -0.508 e. The molecular formula is C15H13BrClF2NO. The summed E-state index contributed by atoms with van der Waals surface area (Å²) < 4.78 is 27.7. The molecule has 1 atom stereocenters. The van der Waals surface area contributed by atoms with Crippen molar-refractivity contribution in [3.8, 4) is 5.75 Å². The molecule has 0 aliphatic carbocycles. The zero-order valence-electron chi connectivity index (χ0n) is 11.1. The summed E-state index contributed by atoms with van der Waals surface area (Å²) in [5.41, 5.74) is 0.621. The van der Waals surface area contributed by atoms with Gasteiger partial charge in [-0.2, -0.15) is 0 Å². The van der Waals surface area contributed by atoms with Crippen molar-refractivity contribution in [2.75, 3.05) is 5.32 Å². The van der Waals surface area contributed by atoms with E-state index in [1.807, 2.05) is 6.92 Å². The first-order valence-electron chi connectivity index (χ1n) is 6.31. The minimum atomic E-state index is -0.770. The van der Waals surface area contributed by atoms with E-state index in [-0.39, 0.29) is 22.5 Å².